The number of anilines is 1. The van der Waals surface area contributed by atoms with Crippen molar-refractivity contribution in [2.24, 2.45) is 5.73 Å². The van der Waals surface area contributed by atoms with Crippen molar-refractivity contribution in [2.45, 2.75) is 5.41 Å². The minimum Gasteiger partial charge on any atom is -0.439 e. The van der Waals surface area contributed by atoms with Crippen LogP contribution in [-0.2, 0) is 10.2 Å². The number of non-ortho nitro benzene ring substituents is 1. The summed E-state index contributed by atoms with van der Waals surface area (Å²) < 4.78 is 11.0. The standard InChI is InChI=1S/C20H10N4O6/c21-8-12-17(22)30-16-10-3-1-2-4-14(10)29-18(25)15(16)20(12)11-7-9(24(27)28)5-6-13(11)23-19(20)26/h1-7H,22H2,(H,23,26)/t20-/m0/s1. The number of nitro benzene ring substituents is 1. The molecule has 0 bridgehead atoms. The first-order chi connectivity index (χ1) is 14.4. The van der Waals surface area contributed by atoms with Gasteiger partial charge in [-0.2, -0.15) is 5.26 Å². The molecule has 1 aromatic heterocycles. The molecule has 30 heavy (non-hydrogen) atoms. The molecular formula is C20H10N4O6. The zero-order valence-electron chi connectivity index (χ0n) is 15.0. The van der Waals surface area contributed by atoms with E-state index in [1.54, 1.807) is 24.3 Å². The first-order valence-electron chi connectivity index (χ1n) is 8.64. The molecule has 0 saturated heterocycles. The summed E-state index contributed by atoms with van der Waals surface area (Å²) in [5, 5.41) is 24.1. The number of amides is 1. The number of ether oxygens (including phenoxy) is 1. The highest BCUT2D eigenvalue weighted by molar-refractivity contribution is 6.13. The molecule has 3 aromatic rings. The maximum atomic E-state index is 13.3. The van der Waals surface area contributed by atoms with Crippen molar-refractivity contribution in [3.05, 3.63) is 85.6 Å². The van der Waals surface area contributed by atoms with Gasteiger partial charge in [0.05, 0.1) is 10.3 Å². The molecule has 5 rings (SSSR count). The van der Waals surface area contributed by atoms with Crippen LogP contribution in [0.15, 0.2) is 63.1 Å². The molecule has 3 N–H and O–H groups in total. The van der Waals surface area contributed by atoms with E-state index in [2.05, 4.69) is 5.32 Å². The summed E-state index contributed by atoms with van der Waals surface area (Å²) in [6, 6.07) is 12.0. The number of rotatable bonds is 1. The van der Waals surface area contributed by atoms with E-state index in [-0.39, 0.29) is 45.3 Å². The van der Waals surface area contributed by atoms with Crippen molar-refractivity contribution in [1.82, 2.24) is 0 Å². The Morgan fingerprint density at radius 1 is 1.20 bits per heavy atom. The number of benzene rings is 2. The van der Waals surface area contributed by atoms with Crippen molar-refractivity contribution in [1.29, 1.82) is 5.26 Å². The maximum absolute atomic E-state index is 13.3. The number of hydrogen-bond donors (Lipinski definition) is 2. The second-order valence-corrected chi connectivity index (χ2v) is 6.73. The number of para-hydroxylation sites is 1. The molecule has 0 aliphatic carbocycles. The first kappa shape index (κ1) is 17.4. The molecule has 0 fully saturated rings. The highest BCUT2D eigenvalue weighted by atomic mass is 16.6. The Kier molecular flexibility index (Phi) is 3.30. The molecule has 0 saturated carbocycles. The van der Waals surface area contributed by atoms with Gasteiger partial charge in [0.1, 0.15) is 22.8 Å². The van der Waals surface area contributed by atoms with Gasteiger partial charge >= 0.3 is 5.63 Å². The Bertz CT molecular complexity index is 1450. The maximum Gasteiger partial charge on any atom is 0.345 e. The highest BCUT2D eigenvalue weighted by Gasteiger charge is 2.59. The van der Waals surface area contributed by atoms with E-state index in [1.165, 1.54) is 12.1 Å². The Hall–Kier alpha value is -4.65. The normalized spacial score (nSPS) is 19.1. The van der Waals surface area contributed by atoms with Crippen molar-refractivity contribution in [3.8, 4) is 11.8 Å². The van der Waals surface area contributed by atoms with Gasteiger partial charge in [0.2, 0.25) is 11.8 Å². The van der Waals surface area contributed by atoms with Crippen molar-refractivity contribution >= 4 is 28.3 Å². The summed E-state index contributed by atoms with van der Waals surface area (Å²) in [7, 11) is 0. The van der Waals surface area contributed by atoms with Crippen LogP contribution >= 0.6 is 0 Å². The van der Waals surface area contributed by atoms with E-state index >= 15 is 0 Å². The Labute approximate surface area is 166 Å². The highest BCUT2D eigenvalue weighted by Crippen LogP contribution is 2.53. The number of carbonyl (C=O) groups excluding carboxylic acids is 1. The average molecular weight is 402 g/mol. The second-order valence-electron chi connectivity index (χ2n) is 6.73. The van der Waals surface area contributed by atoms with Gasteiger partial charge in [-0.1, -0.05) is 12.1 Å². The van der Waals surface area contributed by atoms with Gasteiger partial charge in [0, 0.05) is 23.4 Å². The van der Waals surface area contributed by atoms with E-state index in [0.29, 0.717) is 5.39 Å². The number of nitrogens with one attached hydrogen (secondary N) is 1. The molecule has 1 amide bonds. The molecule has 146 valence electrons. The molecule has 10 heteroatoms. The lowest BCUT2D eigenvalue weighted by Gasteiger charge is -2.32. The van der Waals surface area contributed by atoms with Crippen LogP contribution < -0.4 is 21.4 Å². The fourth-order valence-electron chi connectivity index (χ4n) is 4.06. The van der Waals surface area contributed by atoms with Crippen molar-refractivity contribution in [3.63, 3.8) is 0 Å². The van der Waals surface area contributed by atoms with E-state index < -0.39 is 21.9 Å². The van der Waals surface area contributed by atoms with E-state index in [0.717, 1.165) is 6.07 Å². The topological polar surface area (TPSA) is 161 Å². The van der Waals surface area contributed by atoms with E-state index in [4.69, 9.17) is 14.9 Å². The SMILES string of the molecule is N#CC1=C(N)Oc2c(c(=O)oc3ccccc23)[C@@]12C(=O)Nc1ccc([N+](=O)[O-])cc12. The van der Waals surface area contributed by atoms with Gasteiger partial charge < -0.3 is 20.2 Å². The fraction of sp³-hybridized carbons (Fsp3) is 0.0500. The Morgan fingerprint density at radius 2 is 1.97 bits per heavy atom. The van der Waals surface area contributed by atoms with E-state index in [1.807, 2.05) is 6.07 Å². The van der Waals surface area contributed by atoms with Crippen LogP contribution in [0.25, 0.3) is 11.0 Å². The summed E-state index contributed by atoms with van der Waals surface area (Å²) >= 11 is 0. The minimum absolute atomic E-state index is 0.0344. The van der Waals surface area contributed by atoms with Crippen LogP contribution in [0.5, 0.6) is 5.75 Å². The van der Waals surface area contributed by atoms with Crippen molar-refractivity contribution in [2.75, 3.05) is 5.32 Å². The smallest absolute Gasteiger partial charge is 0.345 e. The lowest BCUT2D eigenvalue weighted by Crippen LogP contribution is -2.45. The summed E-state index contributed by atoms with van der Waals surface area (Å²) in [5.41, 5.74) is 2.57. The van der Waals surface area contributed by atoms with Crippen LogP contribution in [0, 0.1) is 21.4 Å². The molecule has 1 spiro atoms. The molecule has 0 radical (unpaired) electrons. The van der Waals surface area contributed by atoms with Gasteiger partial charge in [0.15, 0.2) is 11.2 Å². The molecule has 2 aliphatic rings. The summed E-state index contributed by atoms with van der Waals surface area (Å²) in [6.45, 7) is 0. The largest absolute Gasteiger partial charge is 0.439 e. The van der Waals surface area contributed by atoms with Crippen LogP contribution in [0.4, 0.5) is 11.4 Å². The fourth-order valence-corrected chi connectivity index (χ4v) is 4.06. The number of nitrogens with zero attached hydrogens (tertiary/aromatic N) is 2. The monoisotopic (exact) mass is 402 g/mol. The van der Waals surface area contributed by atoms with Crippen LogP contribution in [0.2, 0.25) is 0 Å². The Morgan fingerprint density at radius 3 is 2.70 bits per heavy atom. The third-order valence-electron chi connectivity index (χ3n) is 5.29. The van der Waals surface area contributed by atoms with Gasteiger partial charge in [-0.25, -0.2) is 4.79 Å². The Balaban J connectivity index is 2.00. The first-order valence-corrected chi connectivity index (χ1v) is 8.64. The second kappa shape index (κ2) is 5.68. The van der Waals surface area contributed by atoms with Gasteiger partial charge in [-0.05, 0) is 18.2 Å². The summed E-state index contributed by atoms with van der Waals surface area (Å²) in [6.07, 6.45) is 0. The molecule has 2 aromatic carbocycles. The summed E-state index contributed by atoms with van der Waals surface area (Å²) in [5.74, 6) is -1.17. The van der Waals surface area contributed by atoms with E-state index in [9.17, 15) is 25.0 Å². The molecule has 3 heterocycles. The lowest BCUT2D eigenvalue weighted by molar-refractivity contribution is -0.384. The molecular weight excluding hydrogens is 392 g/mol. The molecule has 10 nitrogen and oxygen atoms in total. The van der Waals surface area contributed by atoms with Crippen molar-refractivity contribution < 1.29 is 18.9 Å². The number of nitrogens with two attached hydrogens (primary N) is 1. The zero-order valence-corrected chi connectivity index (χ0v) is 15.0. The van der Waals surface area contributed by atoms with Crippen LogP contribution in [-0.4, -0.2) is 10.8 Å². The minimum atomic E-state index is -2.04. The van der Waals surface area contributed by atoms with Gasteiger partial charge in [-0.3, -0.25) is 14.9 Å². The lowest BCUT2D eigenvalue weighted by atomic mass is 9.69. The average Bonchev–Trinajstić information content (AvgIpc) is 2.99. The molecule has 1 atom stereocenters. The van der Waals surface area contributed by atoms with Crippen LogP contribution in [0.1, 0.15) is 11.1 Å². The number of hydrogen-bond acceptors (Lipinski definition) is 8. The number of nitro groups is 1. The zero-order chi connectivity index (χ0) is 21.2. The van der Waals surface area contributed by atoms with Gasteiger partial charge in [-0.15, -0.1) is 0 Å². The number of carbonyl (C=O) groups is 1. The third-order valence-corrected chi connectivity index (χ3v) is 5.29. The summed E-state index contributed by atoms with van der Waals surface area (Å²) in [4.78, 5) is 37.1. The number of fused-ring (bicyclic) bond motifs is 6. The third kappa shape index (κ3) is 1.95. The number of nitriles is 1. The predicted octanol–water partition coefficient (Wildman–Crippen LogP) is 2.03. The van der Waals surface area contributed by atoms with Gasteiger partial charge in [0.25, 0.3) is 5.69 Å². The molecule has 0 unspecified atom stereocenters. The predicted molar refractivity (Wildman–Crippen MR) is 102 cm³/mol. The van der Waals surface area contributed by atoms with Crippen LogP contribution in [0.3, 0.4) is 0 Å². The quantitative estimate of drug-likeness (QED) is 0.355. The molecule has 2 aliphatic heterocycles.